The summed E-state index contributed by atoms with van der Waals surface area (Å²) in [5.74, 6) is -3.37. The summed E-state index contributed by atoms with van der Waals surface area (Å²) in [4.78, 5) is -0.401. The van der Waals surface area contributed by atoms with E-state index >= 15 is 0 Å². The Morgan fingerprint density at radius 1 is 1.08 bits per heavy atom. The van der Waals surface area contributed by atoms with Crippen LogP contribution in [-0.4, -0.2) is 66.5 Å². The van der Waals surface area contributed by atoms with Gasteiger partial charge in [0.05, 0.1) is 36.1 Å². The van der Waals surface area contributed by atoms with Gasteiger partial charge >= 0.3 is 0 Å². The number of morpholine rings is 1. The Kier molecular flexibility index (Phi) is 6.12. The lowest BCUT2D eigenvalue weighted by molar-refractivity contribution is 0.0170. The first-order valence-corrected chi connectivity index (χ1v) is 10.3. The molecular formula is C13H19F2N3O5S2. The predicted octanol–water partition coefficient (Wildman–Crippen LogP) is -0.420. The number of nitrogens with zero attached hydrogens (tertiary/aromatic N) is 1. The van der Waals surface area contributed by atoms with E-state index in [1.807, 2.05) is 0 Å². The maximum Gasteiger partial charge on any atom is 0.273 e. The Hall–Kier alpha value is -1.18. The molecule has 2 rings (SSSR count). The summed E-state index contributed by atoms with van der Waals surface area (Å²) in [6.45, 7) is -1.15. The number of halogens is 2. The summed E-state index contributed by atoms with van der Waals surface area (Å²) in [6.07, 6.45) is 0. The van der Waals surface area contributed by atoms with Crippen molar-refractivity contribution in [3.63, 3.8) is 0 Å². The number of nitrogens with two attached hydrogens (primary N) is 1. The Morgan fingerprint density at radius 3 is 2.12 bits per heavy atom. The van der Waals surface area contributed by atoms with Crippen LogP contribution in [0.25, 0.3) is 0 Å². The molecule has 1 heterocycles. The zero-order valence-corrected chi connectivity index (χ0v) is 14.8. The molecule has 0 spiro atoms. The molecule has 1 saturated heterocycles. The molecule has 3 N–H and O–H groups in total. The number of hydrogen-bond donors (Lipinski definition) is 2. The summed E-state index contributed by atoms with van der Waals surface area (Å²) < 4.78 is 83.1. The molecule has 12 heteroatoms. The molecule has 8 nitrogen and oxygen atoms in total. The minimum absolute atomic E-state index is 0.0827. The fourth-order valence-electron chi connectivity index (χ4n) is 2.08. The Morgan fingerprint density at radius 2 is 1.60 bits per heavy atom. The van der Waals surface area contributed by atoms with Gasteiger partial charge in [0.25, 0.3) is 5.92 Å². The maximum absolute atomic E-state index is 13.1. The average molecular weight is 399 g/mol. The minimum atomic E-state index is -4.20. The van der Waals surface area contributed by atoms with Gasteiger partial charge in [-0.3, -0.25) is 0 Å². The molecule has 1 aliphatic heterocycles. The van der Waals surface area contributed by atoms with Crippen LogP contribution in [-0.2, 0) is 24.8 Å². The quantitative estimate of drug-likeness (QED) is 0.643. The number of hydrogen-bond acceptors (Lipinski definition) is 6. The normalized spacial score (nSPS) is 17.6. The van der Waals surface area contributed by atoms with Gasteiger partial charge in [-0.05, 0) is 24.3 Å². The molecule has 1 aliphatic rings. The van der Waals surface area contributed by atoms with Crippen LogP contribution in [0.15, 0.2) is 34.1 Å². The number of rotatable bonds is 7. The molecule has 25 heavy (non-hydrogen) atoms. The molecule has 0 aromatic heterocycles. The molecule has 0 unspecified atom stereocenters. The van der Waals surface area contributed by atoms with Crippen LogP contribution >= 0.6 is 0 Å². The fourth-order valence-corrected chi connectivity index (χ4v) is 4.55. The first-order chi connectivity index (χ1) is 11.6. The first kappa shape index (κ1) is 20.1. The second kappa shape index (κ2) is 7.60. The van der Waals surface area contributed by atoms with E-state index in [2.05, 4.69) is 0 Å². The summed E-state index contributed by atoms with van der Waals surface area (Å²) >= 11 is 0. The van der Waals surface area contributed by atoms with Gasteiger partial charge in [-0.1, -0.05) is 0 Å². The third kappa shape index (κ3) is 4.92. The molecule has 0 radical (unpaired) electrons. The molecule has 142 valence electrons. The van der Waals surface area contributed by atoms with Crippen LogP contribution in [0.3, 0.4) is 0 Å². The Labute approximate surface area is 145 Å². The van der Waals surface area contributed by atoms with Crippen molar-refractivity contribution in [3.8, 4) is 0 Å². The molecule has 0 amide bonds. The second-order valence-electron chi connectivity index (χ2n) is 5.37. The van der Waals surface area contributed by atoms with Crippen LogP contribution < -0.4 is 10.5 Å². The lowest BCUT2D eigenvalue weighted by Crippen LogP contribution is -2.41. The number of nitrogens with one attached hydrogen (secondary N) is 1. The molecule has 0 atom stereocenters. The maximum atomic E-state index is 13.1. The summed E-state index contributed by atoms with van der Waals surface area (Å²) in [5.41, 5.74) is 4.85. The van der Waals surface area contributed by atoms with Crippen molar-refractivity contribution in [2.45, 2.75) is 15.7 Å². The molecule has 0 bridgehead atoms. The van der Waals surface area contributed by atoms with E-state index in [4.69, 9.17) is 10.5 Å². The van der Waals surface area contributed by atoms with Gasteiger partial charge in [0.2, 0.25) is 20.0 Å². The van der Waals surface area contributed by atoms with Crippen molar-refractivity contribution in [2.75, 3.05) is 39.4 Å². The molecule has 1 aromatic carbocycles. The van der Waals surface area contributed by atoms with Crippen LogP contribution in [0.5, 0.6) is 0 Å². The van der Waals surface area contributed by atoms with Crippen molar-refractivity contribution in [1.82, 2.24) is 9.03 Å². The highest BCUT2D eigenvalue weighted by atomic mass is 32.2. The molecule has 0 saturated carbocycles. The van der Waals surface area contributed by atoms with Gasteiger partial charge in [0.1, 0.15) is 0 Å². The molecule has 0 aliphatic carbocycles. The van der Waals surface area contributed by atoms with E-state index in [1.165, 1.54) is 4.31 Å². The van der Waals surface area contributed by atoms with E-state index in [9.17, 15) is 25.6 Å². The summed E-state index contributed by atoms with van der Waals surface area (Å²) in [7, 11) is -7.97. The van der Waals surface area contributed by atoms with Crippen LogP contribution in [0.4, 0.5) is 8.78 Å². The summed E-state index contributed by atoms with van der Waals surface area (Å²) in [6, 6.07) is 4.35. The number of benzene rings is 1. The number of alkyl halides is 2. The van der Waals surface area contributed by atoms with Crippen molar-refractivity contribution >= 4 is 20.0 Å². The monoisotopic (exact) mass is 399 g/mol. The lowest BCUT2D eigenvalue weighted by atomic mass is 10.3. The minimum Gasteiger partial charge on any atom is -0.379 e. The third-order valence-electron chi connectivity index (χ3n) is 3.56. The second-order valence-corrected chi connectivity index (χ2v) is 9.08. The first-order valence-electron chi connectivity index (χ1n) is 7.34. The van der Waals surface area contributed by atoms with E-state index in [-0.39, 0.29) is 36.1 Å². The smallest absolute Gasteiger partial charge is 0.273 e. The van der Waals surface area contributed by atoms with Gasteiger partial charge in [0.15, 0.2) is 0 Å². The van der Waals surface area contributed by atoms with Crippen molar-refractivity contribution < 1.29 is 30.4 Å². The van der Waals surface area contributed by atoms with E-state index in [0.29, 0.717) is 0 Å². The third-order valence-corrected chi connectivity index (χ3v) is 6.89. The Bertz CT molecular complexity index is 791. The fraction of sp³-hybridized carbons (Fsp3) is 0.538. The highest BCUT2D eigenvalue weighted by molar-refractivity contribution is 7.89. The van der Waals surface area contributed by atoms with Crippen LogP contribution in [0, 0.1) is 0 Å². The molecule has 1 aromatic rings. The largest absolute Gasteiger partial charge is 0.379 e. The van der Waals surface area contributed by atoms with Crippen molar-refractivity contribution in [2.24, 2.45) is 5.73 Å². The molecule has 1 fully saturated rings. The van der Waals surface area contributed by atoms with Gasteiger partial charge in [-0.15, -0.1) is 0 Å². The SMILES string of the molecule is NCC(F)(F)CNS(=O)(=O)c1ccc(S(=O)(=O)N2CCOCC2)cc1. The average Bonchev–Trinajstić information content (AvgIpc) is 2.61. The van der Waals surface area contributed by atoms with Gasteiger partial charge in [-0.25, -0.2) is 30.3 Å². The molecular weight excluding hydrogens is 380 g/mol. The summed E-state index contributed by atoms with van der Waals surface area (Å²) in [5, 5.41) is 0. The van der Waals surface area contributed by atoms with E-state index < -0.39 is 39.1 Å². The van der Waals surface area contributed by atoms with Crippen molar-refractivity contribution in [3.05, 3.63) is 24.3 Å². The highest BCUT2D eigenvalue weighted by Crippen LogP contribution is 2.20. The standard InChI is InChI=1S/C13H19F2N3O5S2/c14-13(15,9-16)10-17-24(19,20)11-1-3-12(4-2-11)25(21,22)18-5-7-23-8-6-18/h1-4,17H,5-10,16H2. The zero-order valence-electron chi connectivity index (χ0n) is 13.2. The van der Waals surface area contributed by atoms with Crippen LogP contribution in [0.1, 0.15) is 0 Å². The zero-order chi connectivity index (χ0) is 18.7. The van der Waals surface area contributed by atoms with Crippen molar-refractivity contribution in [1.29, 1.82) is 0 Å². The number of ether oxygens (including phenoxy) is 1. The lowest BCUT2D eigenvalue weighted by Gasteiger charge is -2.26. The van der Waals surface area contributed by atoms with E-state index in [0.717, 1.165) is 24.3 Å². The van der Waals surface area contributed by atoms with Gasteiger partial charge in [0, 0.05) is 13.1 Å². The van der Waals surface area contributed by atoms with Gasteiger partial charge in [-0.2, -0.15) is 4.31 Å². The highest BCUT2D eigenvalue weighted by Gasteiger charge is 2.30. The van der Waals surface area contributed by atoms with Gasteiger partial charge < -0.3 is 10.5 Å². The predicted molar refractivity (Wildman–Crippen MR) is 85.2 cm³/mol. The van der Waals surface area contributed by atoms with Crippen LogP contribution in [0.2, 0.25) is 0 Å². The Balaban J connectivity index is 2.16. The topological polar surface area (TPSA) is 119 Å². The number of sulfonamides is 2. The van der Waals surface area contributed by atoms with E-state index in [1.54, 1.807) is 4.72 Å².